The molecule has 3 nitrogen and oxygen atoms in total. The van der Waals surface area contributed by atoms with Crippen LogP contribution >= 0.6 is 23.4 Å². The number of hydrogen-bond donors (Lipinski definition) is 1. The zero-order valence-corrected chi connectivity index (χ0v) is 12.1. The molecule has 1 N–H and O–H groups in total. The van der Waals surface area contributed by atoms with Crippen molar-refractivity contribution in [3.8, 4) is 0 Å². The van der Waals surface area contributed by atoms with Gasteiger partial charge in [0.25, 0.3) is 0 Å². The molecule has 0 bridgehead atoms. The van der Waals surface area contributed by atoms with Crippen LogP contribution in [0.2, 0.25) is 5.02 Å². The van der Waals surface area contributed by atoms with Crippen LogP contribution in [-0.2, 0) is 0 Å². The molecule has 3 rings (SSSR count). The standard InChI is InChI=1S/C15H12ClN3S/c16-13-8-6-12(7-9-13)14(11-4-2-1-3-5-11)20-15-17-10-18-19-15/h1-10,14H,(H,17,18,19)/t14-/m1/s1. The summed E-state index contributed by atoms with van der Waals surface area (Å²) in [5.41, 5.74) is 2.40. The Morgan fingerprint density at radius 1 is 0.950 bits per heavy atom. The van der Waals surface area contributed by atoms with E-state index in [1.54, 1.807) is 11.8 Å². The van der Waals surface area contributed by atoms with Crippen molar-refractivity contribution in [3.63, 3.8) is 0 Å². The third-order valence-corrected chi connectivity index (χ3v) is 4.35. The highest BCUT2D eigenvalue weighted by atomic mass is 35.5. The van der Waals surface area contributed by atoms with E-state index in [0.717, 1.165) is 10.2 Å². The number of hydrogen-bond acceptors (Lipinski definition) is 3. The highest BCUT2D eigenvalue weighted by molar-refractivity contribution is 7.99. The molecule has 0 spiro atoms. The van der Waals surface area contributed by atoms with Crippen LogP contribution in [0.5, 0.6) is 0 Å². The van der Waals surface area contributed by atoms with Gasteiger partial charge in [-0.25, -0.2) is 4.98 Å². The van der Waals surface area contributed by atoms with E-state index >= 15 is 0 Å². The highest BCUT2D eigenvalue weighted by Gasteiger charge is 2.17. The first-order chi connectivity index (χ1) is 9.83. The number of benzene rings is 2. The van der Waals surface area contributed by atoms with Gasteiger partial charge in [-0.15, -0.1) is 0 Å². The van der Waals surface area contributed by atoms with Crippen molar-refractivity contribution in [2.75, 3.05) is 0 Å². The lowest BCUT2D eigenvalue weighted by Gasteiger charge is -2.16. The van der Waals surface area contributed by atoms with Gasteiger partial charge >= 0.3 is 0 Å². The molecule has 1 aromatic heterocycles. The van der Waals surface area contributed by atoms with Crippen LogP contribution in [0.1, 0.15) is 16.4 Å². The number of nitrogens with one attached hydrogen (secondary N) is 1. The topological polar surface area (TPSA) is 41.6 Å². The zero-order chi connectivity index (χ0) is 13.8. The minimum absolute atomic E-state index is 0.154. The lowest BCUT2D eigenvalue weighted by Crippen LogP contribution is -1.97. The molecule has 0 amide bonds. The Kier molecular flexibility index (Phi) is 4.04. The molecule has 0 aliphatic heterocycles. The molecule has 100 valence electrons. The fourth-order valence-corrected chi connectivity index (χ4v) is 3.11. The minimum atomic E-state index is 0.154. The number of thioether (sulfide) groups is 1. The Hall–Kier alpha value is -1.78. The van der Waals surface area contributed by atoms with E-state index in [1.807, 2.05) is 42.5 Å². The third-order valence-electron chi connectivity index (χ3n) is 2.90. The van der Waals surface area contributed by atoms with E-state index in [1.165, 1.54) is 17.5 Å². The minimum Gasteiger partial charge on any atom is -0.254 e. The van der Waals surface area contributed by atoms with Crippen molar-refractivity contribution in [1.29, 1.82) is 0 Å². The van der Waals surface area contributed by atoms with Gasteiger partial charge in [-0.1, -0.05) is 65.8 Å². The van der Waals surface area contributed by atoms with Crippen molar-refractivity contribution >= 4 is 23.4 Å². The Morgan fingerprint density at radius 2 is 1.65 bits per heavy atom. The monoisotopic (exact) mass is 301 g/mol. The van der Waals surface area contributed by atoms with Crippen LogP contribution in [-0.4, -0.2) is 15.2 Å². The normalized spacial score (nSPS) is 12.2. The average molecular weight is 302 g/mol. The van der Waals surface area contributed by atoms with Gasteiger partial charge in [0.1, 0.15) is 6.33 Å². The summed E-state index contributed by atoms with van der Waals surface area (Å²) in [5, 5.41) is 8.49. The number of aromatic nitrogens is 3. The zero-order valence-electron chi connectivity index (χ0n) is 10.5. The van der Waals surface area contributed by atoms with Gasteiger partial charge in [-0.2, -0.15) is 5.10 Å². The fourth-order valence-electron chi connectivity index (χ4n) is 1.96. The average Bonchev–Trinajstić information content (AvgIpc) is 3.00. The van der Waals surface area contributed by atoms with E-state index in [0.29, 0.717) is 0 Å². The Balaban J connectivity index is 1.97. The summed E-state index contributed by atoms with van der Waals surface area (Å²) < 4.78 is 0. The molecule has 3 aromatic rings. The molecule has 0 saturated heterocycles. The first-order valence-corrected chi connectivity index (χ1v) is 7.41. The summed E-state index contributed by atoms with van der Waals surface area (Å²) >= 11 is 7.60. The second-order valence-electron chi connectivity index (χ2n) is 4.25. The molecular formula is C15H12ClN3S. The summed E-state index contributed by atoms with van der Waals surface area (Å²) in [6.45, 7) is 0. The third kappa shape index (κ3) is 3.03. The summed E-state index contributed by atoms with van der Waals surface area (Å²) in [5.74, 6) is 0. The van der Waals surface area contributed by atoms with Crippen LogP contribution in [0, 0.1) is 0 Å². The van der Waals surface area contributed by atoms with Gasteiger partial charge in [-0.05, 0) is 23.3 Å². The molecule has 1 heterocycles. The van der Waals surface area contributed by atoms with Crippen molar-refractivity contribution in [2.24, 2.45) is 0 Å². The smallest absolute Gasteiger partial charge is 0.184 e. The second-order valence-corrected chi connectivity index (χ2v) is 5.78. The van der Waals surface area contributed by atoms with Gasteiger partial charge < -0.3 is 0 Å². The Labute approximate surface area is 126 Å². The van der Waals surface area contributed by atoms with Crippen molar-refractivity contribution < 1.29 is 0 Å². The van der Waals surface area contributed by atoms with Gasteiger partial charge in [0, 0.05) is 5.02 Å². The van der Waals surface area contributed by atoms with Crippen LogP contribution in [0.25, 0.3) is 0 Å². The van der Waals surface area contributed by atoms with Crippen LogP contribution in [0.4, 0.5) is 0 Å². The summed E-state index contributed by atoms with van der Waals surface area (Å²) in [6.07, 6.45) is 1.52. The quantitative estimate of drug-likeness (QED) is 0.729. The predicted octanol–water partition coefficient (Wildman–Crippen LogP) is 4.34. The SMILES string of the molecule is Clc1ccc([C@H](Sc2ncn[nH]2)c2ccccc2)cc1. The summed E-state index contributed by atoms with van der Waals surface area (Å²) in [4.78, 5) is 4.19. The maximum atomic E-state index is 5.97. The van der Waals surface area contributed by atoms with Gasteiger partial charge in [0.15, 0.2) is 5.16 Å². The molecule has 1 atom stereocenters. The van der Waals surface area contributed by atoms with Gasteiger partial charge in [0.05, 0.1) is 5.25 Å². The lowest BCUT2D eigenvalue weighted by molar-refractivity contribution is 0.965. The van der Waals surface area contributed by atoms with Gasteiger partial charge in [-0.3, -0.25) is 5.10 Å². The van der Waals surface area contributed by atoms with Crippen molar-refractivity contribution in [2.45, 2.75) is 10.4 Å². The molecule has 0 unspecified atom stereocenters. The number of nitrogens with zero attached hydrogens (tertiary/aromatic N) is 2. The number of aromatic amines is 1. The highest BCUT2D eigenvalue weighted by Crippen LogP contribution is 2.38. The van der Waals surface area contributed by atoms with Crippen LogP contribution in [0.15, 0.2) is 66.1 Å². The Bertz CT molecular complexity index is 653. The largest absolute Gasteiger partial charge is 0.254 e. The van der Waals surface area contributed by atoms with Crippen LogP contribution < -0.4 is 0 Å². The first-order valence-electron chi connectivity index (χ1n) is 6.15. The maximum Gasteiger partial charge on any atom is 0.184 e. The summed E-state index contributed by atoms with van der Waals surface area (Å²) in [7, 11) is 0. The molecule has 0 radical (unpaired) electrons. The van der Waals surface area contributed by atoms with Gasteiger partial charge in [0.2, 0.25) is 0 Å². The summed E-state index contributed by atoms with van der Waals surface area (Å²) in [6, 6.07) is 18.2. The number of halogens is 1. The van der Waals surface area contributed by atoms with Crippen LogP contribution in [0.3, 0.4) is 0 Å². The van der Waals surface area contributed by atoms with E-state index < -0.39 is 0 Å². The Morgan fingerprint density at radius 3 is 2.30 bits per heavy atom. The molecule has 2 aromatic carbocycles. The fraction of sp³-hybridized carbons (Fsp3) is 0.0667. The van der Waals surface area contributed by atoms with Crippen molar-refractivity contribution in [1.82, 2.24) is 15.2 Å². The maximum absolute atomic E-state index is 5.97. The number of H-pyrrole nitrogens is 1. The van der Waals surface area contributed by atoms with E-state index in [9.17, 15) is 0 Å². The molecule has 20 heavy (non-hydrogen) atoms. The molecular weight excluding hydrogens is 290 g/mol. The number of rotatable bonds is 4. The predicted molar refractivity (Wildman–Crippen MR) is 82.0 cm³/mol. The lowest BCUT2D eigenvalue weighted by atomic mass is 10.0. The first kappa shape index (κ1) is 13.2. The molecule has 0 aliphatic rings. The van der Waals surface area contributed by atoms with E-state index in [2.05, 4.69) is 27.3 Å². The second kappa shape index (κ2) is 6.11. The van der Waals surface area contributed by atoms with E-state index in [4.69, 9.17) is 11.6 Å². The molecule has 0 fully saturated rings. The molecule has 0 aliphatic carbocycles. The van der Waals surface area contributed by atoms with Crippen molar-refractivity contribution in [3.05, 3.63) is 77.1 Å². The molecule has 5 heteroatoms. The molecule has 0 saturated carbocycles. The van der Waals surface area contributed by atoms with E-state index in [-0.39, 0.29) is 5.25 Å².